The zero-order chi connectivity index (χ0) is 9.68. The molecule has 0 radical (unpaired) electrons. The van der Waals surface area contributed by atoms with Gasteiger partial charge in [-0.2, -0.15) is 0 Å². The van der Waals surface area contributed by atoms with E-state index >= 15 is 0 Å². The lowest BCUT2D eigenvalue weighted by Crippen LogP contribution is -2.21. The van der Waals surface area contributed by atoms with Crippen LogP contribution >= 0.6 is 0 Å². The maximum Gasteiger partial charge on any atom is 0.357 e. The van der Waals surface area contributed by atoms with E-state index in [1.807, 2.05) is 0 Å². The number of carbonyl (C=O) groups is 1. The van der Waals surface area contributed by atoms with Crippen LogP contribution < -0.4 is 4.89 Å². The highest BCUT2D eigenvalue weighted by Crippen LogP contribution is 1.99. The smallest absolute Gasteiger partial charge is 0.351 e. The molecule has 6 heteroatoms. The Morgan fingerprint density at radius 1 is 1.38 bits per heavy atom. The molecular formula is C7H7NO4S. The van der Waals surface area contributed by atoms with Gasteiger partial charge in [0.2, 0.25) is 0 Å². The zero-order valence-corrected chi connectivity index (χ0v) is 7.28. The van der Waals surface area contributed by atoms with E-state index in [2.05, 4.69) is 4.84 Å². The lowest BCUT2D eigenvalue weighted by atomic mass is 10.2. The quantitative estimate of drug-likeness (QED) is 0.551. The minimum atomic E-state index is -2.35. The number of hydrogen-bond acceptors (Lipinski definition) is 3. The van der Waals surface area contributed by atoms with E-state index in [4.69, 9.17) is 4.55 Å². The highest BCUT2D eigenvalue weighted by Gasteiger charge is 2.06. The van der Waals surface area contributed by atoms with Crippen LogP contribution in [0.1, 0.15) is 10.4 Å². The van der Waals surface area contributed by atoms with Gasteiger partial charge in [-0.25, -0.2) is 9.00 Å². The van der Waals surface area contributed by atoms with Gasteiger partial charge in [-0.15, -0.1) is 0 Å². The second kappa shape index (κ2) is 4.70. The third-order valence-corrected chi connectivity index (χ3v) is 1.44. The van der Waals surface area contributed by atoms with Crippen molar-refractivity contribution in [3.05, 3.63) is 35.9 Å². The molecule has 1 atom stereocenters. The second-order valence-corrected chi connectivity index (χ2v) is 2.75. The topological polar surface area (TPSA) is 75.6 Å². The molecule has 0 saturated heterocycles. The molecule has 1 aromatic carbocycles. The summed E-state index contributed by atoms with van der Waals surface area (Å²) in [6, 6.07) is 8.13. The monoisotopic (exact) mass is 201 g/mol. The maximum absolute atomic E-state index is 11.0. The largest absolute Gasteiger partial charge is 0.357 e. The third-order valence-electron chi connectivity index (χ3n) is 1.22. The molecule has 0 bridgehead atoms. The van der Waals surface area contributed by atoms with Crippen LogP contribution in [-0.4, -0.2) is 14.7 Å². The minimum absolute atomic E-state index is 0.306. The molecule has 1 unspecified atom stereocenters. The zero-order valence-electron chi connectivity index (χ0n) is 6.47. The Morgan fingerprint density at radius 3 is 2.54 bits per heavy atom. The Kier molecular flexibility index (Phi) is 3.56. The summed E-state index contributed by atoms with van der Waals surface area (Å²) >= 11 is -2.35. The molecule has 0 aliphatic rings. The van der Waals surface area contributed by atoms with Crippen LogP contribution in [0.5, 0.6) is 0 Å². The van der Waals surface area contributed by atoms with Gasteiger partial charge in [0.25, 0.3) is 11.3 Å². The first-order valence-electron chi connectivity index (χ1n) is 3.33. The first-order valence-corrected chi connectivity index (χ1v) is 4.43. The third kappa shape index (κ3) is 3.32. The van der Waals surface area contributed by atoms with E-state index in [1.165, 1.54) is 12.1 Å². The van der Waals surface area contributed by atoms with Crippen molar-refractivity contribution in [1.29, 1.82) is 0 Å². The van der Waals surface area contributed by atoms with Crippen LogP contribution in [-0.2, 0) is 16.1 Å². The van der Waals surface area contributed by atoms with Crippen molar-refractivity contribution in [3.8, 4) is 0 Å². The number of rotatable bonds is 3. The van der Waals surface area contributed by atoms with Crippen LogP contribution in [0, 0.1) is 0 Å². The Morgan fingerprint density at radius 2 is 2.00 bits per heavy atom. The summed E-state index contributed by atoms with van der Waals surface area (Å²) in [5, 5.41) is 0. The van der Waals surface area contributed by atoms with E-state index in [0.29, 0.717) is 5.56 Å². The Labute approximate surface area is 77.1 Å². The van der Waals surface area contributed by atoms with Crippen molar-refractivity contribution in [2.45, 2.75) is 0 Å². The summed E-state index contributed by atoms with van der Waals surface area (Å²) in [4.78, 5) is 16.9. The van der Waals surface area contributed by atoms with Crippen molar-refractivity contribution in [1.82, 2.24) is 4.89 Å². The summed E-state index contributed by atoms with van der Waals surface area (Å²) < 4.78 is 18.3. The number of benzene rings is 1. The summed E-state index contributed by atoms with van der Waals surface area (Å²) in [5.41, 5.74) is 0.306. The molecule has 70 valence electrons. The van der Waals surface area contributed by atoms with Gasteiger partial charge in [-0.3, -0.25) is 4.55 Å². The molecule has 0 amide bonds. The lowest BCUT2D eigenvalue weighted by Gasteiger charge is -2.00. The Hall–Kier alpha value is -1.24. The Bertz CT molecular complexity index is 314. The van der Waals surface area contributed by atoms with Crippen molar-refractivity contribution in [2.75, 3.05) is 0 Å². The lowest BCUT2D eigenvalue weighted by molar-refractivity contribution is 0.0405. The van der Waals surface area contributed by atoms with Crippen LogP contribution in [0.4, 0.5) is 0 Å². The van der Waals surface area contributed by atoms with Gasteiger partial charge >= 0.3 is 5.97 Å². The first kappa shape index (κ1) is 9.85. The van der Waals surface area contributed by atoms with Crippen LogP contribution in [0.15, 0.2) is 30.3 Å². The molecule has 0 heterocycles. The average Bonchev–Trinajstić information content (AvgIpc) is 2.15. The van der Waals surface area contributed by atoms with E-state index in [9.17, 15) is 9.00 Å². The van der Waals surface area contributed by atoms with Crippen LogP contribution in [0.25, 0.3) is 0 Å². The second-order valence-electron chi connectivity index (χ2n) is 2.09. The van der Waals surface area contributed by atoms with E-state index in [-0.39, 0.29) is 0 Å². The van der Waals surface area contributed by atoms with E-state index in [0.717, 1.165) is 0 Å². The predicted octanol–water partition coefficient (Wildman–Crippen LogP) is 0.485. The molecule has 5 nitrogen and oxygen atoms in total. The molecule has 1 aromatic rings. The van der Waals surface area contributed by atoms with E-state index in [1.54, 1.807) is 23.1 Å². The number of nitrogens with one attached hydrogen (secondary N) is 1. The predicted molar refractivity (Wildman–Crippen MR) is 45.8 cm³/mol. The van der Waals surface area contributed by atoms with Crippen LogP contribution in [0.2, 0.25) is 0 Å². The van der Waals surface area contributed by atoms with Crippen molar-refractivity contribution >= 4 is 17.2 Å². The van der Waals surface area contributed by atoms with Crippen molar-refractivity contribution < 1.29 is 18.4 Å². The fourth-order valence-corrected chi connectivity index (χ4v) is 0.854. The summed E-state index contributed by atoms with van der Waals surface area (Å²) in [7, 11) is 0. The normalized spacial score (nSPS) is 12.1. The number of hydrogen-bond donors (Lipinski definition) is 2. The SMILES string of the molecule is O=C(ONS(=O)O)c1ccccc1. The molecule has 1 rings (SSSR count). The summed E-state index contributed by atoms with van der Waals surface area (Å²) in [6.45, 7) is 0. The molecule has 0 saturated carbocycles. The van der Waals surface area contributed by atoms with Crippen molar-refractivity contribution in [3.63, 3.8) is 0 Å². The van der Waals surface area contributed by atoms with Gasteiger partial charge in [0.15, 0.2) is 0 Å². The van der Waals surface area contributed by atoms with Crippen LogP contribution in [0.3, 0.4) is 0 Å². The fourth-order valence-electron chi connectivity index (χ4n) is 0.707. The molecule has 0 fully saturated rings. The molecule has 0 aliphatic heterocycles. The first-order chi connectivity index (χ1) is 6.20. The molecule has 2 N–H and O–H groups in total. The van der Waals surface area contributed by atoms with Gasteiger partial charge in [-0.05, 0) is 17.0 Å². The van der Waals surface area contributed by atoms with Crippen molar-refractivity contribution in [2.24, 2.45) is 0 Å². The van der Waals surface area contributed by atoms with Gasteiger partial charge < -0.3 is 4.84 Å². The van der Waals surface area contributed by atoms with Gasteiger partial charge in [0, 0.05) is 0 Å². The highest BCUT2D eigenvalue weighted by atomic mass is 32.2. The maximum atomic E-state index is 11.0. The summed E-state index contributed by atoms with van der Waals surface area (Å²) in [6.07, 6.45) is 0. The Balaban J connectivity index is 2.54. The minimum Gasteiger partial charge on any atom is -0.351 e. The van der Waals surface area contributed by atoms with E-state index < -0.39 is 17.2 Å². The van der Waals surface area contributed by atoms with Gasteiger partial charge in [0.05, 0.1) is 5.56 Å². The molecule has 0 aromatic heterocycles. The molecule has 0 aliphatic carbocycles. The average molecular weight is 201 g/mol. The van der Waals surface area contributed by atoms with Gasteiger partial charge in [-0.1, -0.05) is 18.2 Å². The molecule has 13 heavy (non-hydrogen) atoms. The van der Waals surface area contributed by atoms with Gasteiger partial charge in [0.1, 0.15) is 0 Å². The standard InChI is InChI=1S/C7H7NO4S/c9-7(12-8-13(10)11)6-4-2-1-3-5-6/h1-5,8H,(H,10,11). The molecular weight excluding hydrogens is 194 g/mol. The fraction of sp³-hybridized carbons (Fsp3) is 0. The summed E-state index contributed by atoms with van der Waals surface area (Å²) in [5.74, 6) is -0.706. The highest BCUT2D eigenvalue weighted by molar-refractivity contribution is 7.76. The molecule has 0 spiro atoms. The number of carbonyl (C=O) groups excluding carboxylic acids is 1.